The van der Waals surface area contributed by atoms with Crippen LogP contribution in [0.4, 0.5) is 5.00 Å². The quantitative estimate of drug-likeness (QED) is 0.0647. The van der Waals surface area contributed by atoms with Gasteiger partial charge < -0.3 is 0 Å². The van der Waals surface area contributed by atoms with Crippen LogP contribution >= 0.6 is 11.3 Å². The van der Waals surface area contributed by atoms with Gasteiger partial charge in [0.1, 0.15) is 0 Å². The summed E-state index contributed by atoms with van der Waals surface area (Å²) in [7, 11) is 0. The third kappa shape index (κ3) is 17.9. The first kappa shape index (κ1) is 38.1. The van der Waals surface area contributed by atoms with Gasteiger partial charge in [-0.25, -0.2) is 0 Å². The van der Waals surface area contributed by atoms with E-state index in [2.05, 4.69) is 33.8 Å². The number of nitrogen functional groups attached to an aromatic ring is 1. The molecule has 4 heteroatoms. The third-order valence-corrected chi connectivity index (χ3v) is 28.2. The van der Waals surface area contributed by atoms with E-state index in [4.69, 9.17) is 10.5 Å². The second-order valence-electron chi connectivity index (χ2n) is 12.8. The molecule has 236 valence electrons. The molecular weight excluding hydrogens is 613 g/mol. The normalized spacial score (nSPS) is 11.9. The summed E-state index contributed by atoms with van der Waals surface area (Å²) in [6.07, 6.45) is 33.6. The van der Waals surface area contributed by atoms with Gasteiger partial charge in [-0.2, -0.15) is 0 Å². The molecule has 0 aliphatic heterocycles. The number of hydrogen-bond donors (Lipinski definition) is 1. The molecule has 0 saturated carbocycles. The number of nitrogens with two attached hydrogens (primary N) is 1. The van der Waals surface area contributed by atoms with E-state index in [9.17, 15) is 0 Å². The van der Waals surface area contributed by atoms with E-state index in [0.717, 1.165) is 17.4 Å². The summed E-state index contributed by atoms with van der Waals surface area (Å²) < 4.78 is 12.5. The molecule has 2 nitrogen and oxygen atoms in total. The minimum absolute atomic E-state index is 0.834. The first-order chi connectivity index (χ1) is 19.6. The zero-order valence-corrected chi connectivity index (χ0v) is 31.4. The van der Waals surface area contributed by atoms with Crippen molar-refractivity contribution in [3.63, 3.8) is 0 Å². The summed E-state index contributed by atoms with van der Waals surface area (Å²) in [5.41, 5.74) is 6.53. The zero-order valence-electron chi connectivity index (χ0n) is 27.8. The summed E-state index contributed by atoms with van der Waals surface area (Å²) in [4.78, 5) is 0. The Balaban J connectivity index is 2.16. The molecule has 1 aromatic heterocycles. The van der Waals surface area contributed by atoms with Gasteiger partial charge in [0, 0.05) is 0 Å². The van der Waals surface area contributed by atoms with Gasteiger partial charge >= 0.3 is 184 Å². The van der Waals surface area contributed by atoms with Gasteiger partial charge in [0.2, 0.25) is 0 Å². The summed E-state index contributed by atoms with van der Waals surface area (Å²) in [5.74, 6) is 1.01. The Hall–Kier alpha value is 0.0987. The SMILES string of the molecule is CCCCCCCCCCCCCCCCCCCCOc1c[c]([Sn]([CH2]CCC)([CH2]CCC)[CH2]CCC)sc1N. The van der Waals surface area contributed by atoms with E-state index in [1.54, 1.807) is 2.89 Å². The van der Waals surface area contributed by atoms with Crippen LogP contribution in [0.15, 0.2) is 6.07 Å². The van der Waals surface area contributed by atoms with Gasteiger partial charge in [-0.05, 0) is 0 Å². The standard InChI is InChI=1S/C24H44NOS.3C4H9.Sn/c1-2-3-4-5-6-7-8-9-10-11-12-13-14-15-16-17-18-19-21-26-23-20-22-27-24(23)25;3*1-3-4-2;/h20H,2-19,21,25H2,1H3;3*1,3-4H2,2H3;. The topological polar surface area (TPSA) is 35.2 Å². The van der Waals surface area contributed by atoms with E-state index >= 15 is 0 Å². The number of thiophene rings is 1. The summed E-state index contributed by atoms with van der Waals surface area (Å²) >= 11 is -0.486. The van der Waals surface area contributed by atoms with Crippen molar-refractivity contribution < 1.29 is 4.74 Å². The summed E-state index contributed by atoms with van der Waals surface area (Å²) in [5, 5.41) is 0.947. The maximum atomic E-state index is 6.53. The number of hydrogen-bond acceptors (Lipinski definition) is 3. The van der Waals surface area contributed by atoms with Crippen molar-refractivity contribution >= 4 is 37.6 Å². The molecule has 40 heavy (non-hydrogen) atoms. The molecule has 0 amide bonds. The van der Waals surface area contributed by atoms with Gasteiger partial charge in [0.15, 0.2) is 0 Å². The second-order valence-corrected chi connectivity index (χ2v) is 28.0. The van der Waals surface area contributed by atoms with Crippen molar-refractivity contribution in [3.05, 3.63) is 6.07 Å². The van der Waals surface area contributed by atoms with Crippen molar-refractivity contribution in [3.8, 4) is 5.75 Å². The van der Waals surface area contributed by atoms with Crippen LogP contribution in [0.1, 0.15) is 182 Å². The molecule has 0 spiro atoms. The van der Waals surface area contributed by atoms with Crippen molar-refractivity contribution in [2.24, 2.45) is 0 Å². The molecule has 0 aliphatic carbocycles. The van der Waals surface area contributed by atoms with Crippen LogP contribution in [0, 0.1) is 0 Å². The van der Waals surface area contributed by atoms with E-state index in [1.165, 1.54) is 167 Å². The Kier molecular flexibility index (Phi) is 25.5. The van der Waals surface area contributed by atoms with E-state index < -0.39 is 18.4 Å². The fourth-order valence-electron chi connectivity index (χ4n) is 6.24. The van der Waals surface area contributed by atoms with Crippen LogP contribution in [-0.2, 0) is 0 Å². The fourth-order valence-corrected chi connectivity index (χ4v) is 26.2. The molecule has 0 radical (unpaired) electrons. The van der Waals surface area contributed by atoms with Crippen molar-refractivity contribution in [1.29, 1.82) is 0 Å². The van der Waals surface area contributed by atoms with Crippen LogP contribution in [0.5, 0.6) is 5.75 Å². The Morgan fingerprint density at radius 3 is 1.25 bits per heavy atom. The zero-order chi connectivity index (χ0) is 29.2. The third-order valence-electron chi connectivity index (χ3n) is 9.03. The van der Waals surface area contributed by atoms with Crippen molar-refractivity contribution in [2.75, 3.05) is 12.3 Å². The van der Waals surface area contributed by atoms with Crippen LogP contribution in [0.25, 0.3) is 0 Å². The molecule has 1 heterocycles. The Bertz CT molecular complexity index is 654. The number of unbranched alkanes of at least 4 members (excludes halogenated alkanes) is 20. The van der Waals surface area contributed by atoms with E-state index in [1.807, 2.05) is 11.3 Å². The van der Waals surface area contributed by atoms with Gasteiger partial charge in [0.05, 0.1) is 0 Å². The summed E-state index contributed by atoms with van der Waals surface area (Å²) in [6.45, 7) is 10.2. The first-order valence-corrected chi connectivity index (χ1v) is 26.5. The Labute approximate surface area is 260 Å². The van der Waals surface area contributed by atoms with Crippen LogP contribution in [0.2, 0.25) is 13.3 Å². The van der Waals surface area contributed by atoms with Gasteiger partial charge in [-0.15, -0.1) is 0 Å². The van der Waals surface area contributed by atoms with Crippen LogP contribution < -0.4 is 13.4 Å². The van der Waals surface area contributed by atoms with Gasteiger partial charge in [0.25, 0.3) is 0 Å². The second kappa shape index (κ2) is 26.7. The summed E-state index contributed by atoms with van der Waals surface area (Å²) in [6, 6.07) is 2.42. The maximum absolute atomic E-state index is 6.53. The number of rotatable bonds is 30. The Morgan fingerprint density at radius 1 is 0.525 bits per heavy atom. The first-order valence-electron chi connectivity index (χ1n) is 18.2. The van der Waals surface area contributed by atoms with E-state index in [0.29, 0.717) is 0 Å². The predicted octanol–water partition coefficient (Wildman–Crippen LogP) is 12.8. The Morgan fingerprint density at radius 2 is 0.875 bits per heavy atom. The molecule has 2 N–H and O–H groups in total. The van der Waals surface area contributed by atoms with E-state index in [-0.39, 0.29) is 0 Å². The predicted molar refractivity (Wildman–Crippen MR) is 188 cm³/mol. The molecule has 0 unspecified atom stereocenters. The molecule has 0 aromatic carbocycles. The van der Waals surface area contributed by atoms with Crippen molar-refractivity contribution in [2.45, 2.75) is 195 Å². The van der Waals surface area contributed by atoms with Crippen LogP contribution in [-0.4, -0.2) is 25.0 Å². The molecule has 0 bridgehead atoms. The fraction of sp³-hybridized carbons (Fsp3) is 0.889. The molecule has 0 atom stereocenters. The monoisotopic (exact) mass is 685 g/mol. The number of ether oxygens (including phenoxy) is 1. The average molecular weight is 685 g/mol. The van der Waals surface area contributed by atoms with Gasteiger partial charge in [-0.1, -0.05) is 77.6 Å². The average Bonchev–Trinajstić information content (AvgIpc) is 3.34. The minimum atomic E-state index is -2.39. The van der Waals surface area contributed by atoms with Gasteiger partial charge in [-0.3, -0.25) is 0 Å². The molecule has 0 fully saturated rings. The number of anilines is 1. The molecule has 1 rings (SSSR count). The van der Waals surface area contributed by atoms with Crippen LogP contribution in [0.3, 0.4) is 0 Å². The van der Waals surface area contributed by atoms with Crippen molar-refractivity contribution in [1.82, 2.24) is 0 Å². The molecule has 0 aliphatic rings. The molecular formula is C36H71NOSSn. The molecule has 1 aromatic rings. The molecule has 0 saturated heterocycles.